The number of halogens is 1. The van der Waals surface area contributed by atoms with Gasteiger partial charge in [0.15, 0.2) is 0 Å². The maximum Gasteiger partial charge on any atom is 0.147 e. The highest BCUT2D eigenvalue weighted by Gasteiger charge is 2.05. The number of nitrogens with one attached hydrogen (secondary N) is 1. The highest BCUT2D eigenvalue weighted by Crippen LogP contribution is 2.16. The maximum atomic E-state index is 13.6. The number of hydrogen-bond acceptors (Lipinski definition) is 4. The SMILES string of the molecule is N#Cc1ccc(NCc2cccnc2C#N)c(F)c1. The van der Waals surface area contributed by atoms with E-state index < -0.39 is 5.82 Å². The van der Waals surface area contributed by atoms with Crippen LogP contribution in [0.3, 0.4) is 0 Å². The van der Waals surface area contributed by atoms with Gasteiger partial charge in [-0.1, -0.05) is 6.07 Å². The van der Waals surface area contributed by atoms with Crippen LogP contribution in [0.1, 0.15) is 16.8 Å². The lowest BCUT2D eigenvalue weighted by atomic mass is 10.2. The van der Waals surface area contributed by atoms with Crippen LogP contribution >= 0.6 is 0 Å². The molecule has 0 amide bonds. The van der Waals surface area contributed by atoms with Gasteiger partial charge in [0.2, 0.25) is 0 Å². The van der Waals surface area contributed by atoms with E-state index in [9.17, 15) is 4.39 Å². The first-order chi connectivity index (χ1) is 9.24. The van der Waals surface area contributed by atoms with E-state index in [1.165, 1.54) is 18.3 Å². The van der Waals surface area contributed by atoms with Crippen LogP contribution in [0.4, 0.5) is 10.1 Å². The van der Waals surface area contributed by atoms with Crippen molar-refractivity contribution < 1.29 is 4.39 Å². The molecule has 0 aliphatic carbocycles. The molecule has 1 aromatic heterocycles. The number of pyridine rings is 1. The molecule has 0 aliphatic heterocycles. The summed E-state index contributed by atoms with van der Waals surface area (Å²) >= 11 is 0. The van der Waals surface area contributed by atoms with E-state index in [0.29, 0.717) is 17.8 Å². The topological polar surface area (TPSA) is 72.5 Å². The number of nitriles is 2. The minimum absolute atomic E-state index is 0.266. The van der Waals surface area contributed by atoms with Crippen molar-refractivity contribution in [1.29, 1.82) is 10.5 Å². The average molecular weight is 252 g/mol. The van der Waals surface area contributed by atoms with Crippen LogP contribution in [-0.2, 0) is 6.54 Å². The van der Waals surface area contributed by atoms with Crippen LogP contribution in [0.15, 0.2) is 36.5 Å². The minimum Gasteiger partial charge on any atom is -0.378 e. The molecule has 5 heteroatoms. The Bertz CT molecular complexity index is 683. The summed E-state index contributed by atoms with van der Waals surface area (Å²) in [6.07, 6.45) is 1.53. The van der Waals surface area contributed by atoms with Crippen molar-refractivity contribution in [3.05, 3.63) is 59.2 Å². The Morgan fingerprint density at radius 1 is 1.21 bits per heavy atom. The highest BCUT2D eigenvalue weighted by atomic mass is 19.1. The van der Waals surface area contributed by atoms with Crippen LogP contribution in [0.2, 0.25) is 0 Å². The van der Waals surface area contributed by atoms with Crippen molar-refractivity contribution in [1.82, 2.24) is 4.98 Å². The molecule has 92 valence electrons. The minimum atomic E-state index is -0.499. The quantitative estimate of drug-likeness (QED) is 0.911. The second kappa shape index (κ2) is 5.61. The summed E-state index contributed by atoms with van der Waals surface area (Å²) in [6, 6.07) is 11.5. The van der Waals surface area contributed by atoms with Crippen LogP contribution in [0.5, 0.6) is 0 Å². The molecule has 0 radical (unpaired) electrons. The van der Waals surface area contributed by atoms with Gasteiger partial charge in [0.1, 0.15) is 17.6 Å². The smallest absolute Gasteiger partial charge is 0.147 e. The van der Waals surface area contributed by atoms with Crippen molar-refractivity contribution in [2.75, 3.05) is 5.32 Å². The summed E-state index contributed by atoms with van der Waals surface area (Å²) in [5, 5.41) is 20.4. The monoisotopic (exact) mass is 252 g/mol. The van der Waals surface area contributed by atoms with Crippen LogP contribution in [-0.4, -0.2) is 4.98 Å². The second-order valence-electron chi connectivity index (χ2n) is 3.78. The van der Waals surface area contributed by atoms with E-state index >= 15 is 0 Å². The summed E-state index contributed by atoms with van der Waals surface area (Å²) in [5.74, 6) is -0.499. The van der Waals surface area contributed by atoms with Crippen molar-refractivity contribution in [2.24, 2.45) is 0 Å². The first-order valence-electron chi connectivity index (χ1n) is 5.52. The Morgan fingerprint density at radius 2 is 2.05 bits per heavy atom. The van der Waals surface area contributed by atoms with E-state index in [4.69, 9.17) is 10.5 Å². The van der Waals surface area contributed by atoms with Gasteiger partial charge < -0.3 is 5.32 Å². The third-order valence-electron chi connectivity index (χ3n) is 2.56. The first kappa shape index (κ1) is 12.5. The number of anilines is 1. The molecule has 1 N–H and O–H groups in total. The van der Waals surface area contributed by atoms with E-state index in [1.807, 2.05) is 12.1 Å². The standard InChI is InChI=1S/C14H9FN4/c15-12-6-10(7-16)3-4-13(12)19-9-11-2-1-5-18-14(11)8-17/h1-6,19H,9H2. The molecule has 1 heterocycles. The second-order valence-corrected chi connectivity index (χ2v) is 3.78. The summed E-state index contributed by atoms with van der Waals surface area (Å²) in [5.41, 5.74) is 1.55. The van der Waals surface area contributed by atoms with E-state index in [-0.39, 0.29) is 11.3 Å². The predicted octanol–water partition coefficient (Wildman–Crippen LogP) is 2.58. The fourth-order valence-electron chi connectivity index (χ4n) is 1.60. The Hall–Kier alpha value is -2.92. The Kier molecular flexibility index (Phi) is 3.70. The molecule has 4 nitrogen and oxygen atoms in total. The van der Waals surface area contributed by atoms with Crippen LogP contribution in [0, 0.1) is 28.5 Å². The largest absolute Gasteiger partial charge is 0.378 e. The lowest BCUT2D eigenvalue weighted by molar-refractivity contribution is 0.629. The molecule has 0 spiro atoms. The van der Waals surface area contributed by atoms with Crippen LogP contribution in [0.25, 0.3) is 0 Å². The van der Waals surface area contributed by atoms with Gasteiger partial charge in [-0.15, -0.1) is 0 Å². The molecule has 0 unspecified atom stereocenters. The van der Waals surface area contributed by atoms with E-state index in [2.05, 4.69) is 10.3 Å². The van der Waals surface area contributed by atoms with Gasteiger partial charge in [-0.3, -0.25) is 0 Å². The number of aromatic nitrogens is 1. The number of nitrogens with zero attached hydrogens (tertiary/aromatic N) is 3. The fraction of sp³-hybridized carbons (Fsp3) is 0.0714. The van der Waals surface area contributed by atoms with Crippen molar-refractivity contribution >= 4 is 5.69 Å². The molecule has 19 heavy (non-hydrogen) atoms. The molecule has 0 atom stereocenters. The van der Waals surface area contributed by atoms with Crippen molar-refractivity contribution in [3.8, 4) is 12.1 Å². The first-order valence-corrected chi connectivity index (χ1v) is 5.52. The molecule has 0 saturated carbocycles. The number of hydrogen-bond donors (Lipinski definition) is 1. The average Bonchev–Trinajstić information content (AvgIpc) is 2.46. The molecule has 1 aromatic carbocycles. The van der Waals surface area contributed by atoms with E-state index in [0.717, 1.165) is 6.07 Å². The molecule has 2 rings (SSSR count). The van der Waals surface area contributed by atoms with Gasteiger partial charge in [-0.05, 0) is 24.3 Å². The van der Waals surface area contributed by atoms with Gasteiger partial charge in [0, 0.05) is 18.3 Å². The summed E-state index contributed by atoms with van der Waals surface area (Å²) in [4.78, 5) is 3.92. The van der Waals surface area contributed by atoms with Gasteiger partial charge in [0.05, 0.1) is 17.3 Å². The predicted molar refractivity (Wildman–Crippen MR) is 67.4 cm³/mol. The third-order valence-corrected chi connectivity index (χ3v) is 2.56. The van der Waals surface area contributed by atoms with Gasteiger partial charge in [-0.25, -0.2) is 9.37 Å². The number of benzene rings is 1. The van der Waals surface area contributed by atoms with Gasteiger partial charge >= 0.3 is 0 Å². The zero-order valence-corrected chi connectivity index (χ0v) is 9.89. The molecule has 0 bridgehead atoms. The van der Waals surface area contributed by atoms with Gasteiger partial charge in [-0.2, -0.15) is 10.5 Å². The summed E-state index contributed by atoms with van der Waals surface area (Å²) in [7, 11) is 0. The normalized spacial score (nSPS) is 9.42. The van der Waals surface area contributed by atoms with E-state index in [1.54, 1.807) is 12.1 Å². The third kappa shape index (κ3) is 2.85. The van der Waals surface area contributed by atoms with Gasteiger partial charge in [0.25, 0.3) is 0 Å². The number of rotatable bonds is 3. The lowest BCUT2D eigenvalue weighted by Gasteiger charge is -2.08. The highest BCUT2D eigenvalue weighted by molar-refractivity contribution is 5.49. The zero-order chi connectivity index (χ0) is 13.7. The summed E-state index contributed by atoms with van der Waals surface area (Å²) < 4.78 is 13.6. The molecule has 2 aromatic rings. The van der Waals surface area contributed by atoms with Crippen molar-refractivity contribution in [3.63, 3.8) is 0 Å². The molecule has 0 aliphatic rings. The summed E-state index contributed by atoms with van der Waals surface area (Å²) in [6.45, 7) is 0.291. The zero-order valence-electron chi connectivity index (χ0n) is 9.89. The molecule has 0 saturated heterocycles. The van der Waals surface area contributed by atoms with Crippen LogP contribution < -0.4 is 5.32 Å². The lowest BCUT2D eigenvalue weighted by Crippen LogP contribution is -2.04. The Labute approximate surface area is 109 Å². The Balaban J connectivity index is 2.16. The fourth-order valence-corrected chi connectivity index (χ4v) is 1.60. The molecule has 0 fully saturated rings. The molecular formula is C14H9FN4. The molecular weight excluding hydrogens is 243 g/mol. The Morgan fingerprint density at radius 3 is 2.74 bits per heavy atom. The van der Waals surface area contributed by atoms with Crippen molar-refractivity contribution in [2.45, 2.75) is 6.54 Å². The maximum absolute atomic E-state index is 13.6.